The molecular formula is C13H9Cl3N2O. The highest BCUT2D eigenvalue weighted by atomic mass is 35.5. The van der Waals surface area contributed by atoms with Crippen molar-refractivity contribution in [2.45, 2.75) is 0 Å². The Morgan fingerprint density at radius 2 is 1.68 bits per heavy atom. The fourth-order valence-corrected chi connectivity index (χ4v) is 2.28. The van der Waals surface area contributed by atoms with Gasteiger partial charge in [0.05, 0.1) is 15.7 Å². The second kappa shape index (κ2) is 5.70. The Bertz CT molecular complexity index is 603. The molecule has 0 aliphatic carbocycles. The van der Waals surface area contributed by atoms with Gasteiger partial charge in [-0.3, -0.25) is 4.79 Å². The molecule has 1 amide bonds. The summed E-state index contributed by atoms with van der Waals surface area (Å²) in [5, 5.41) is 3.73. The molecule has 0 bridgehead atoms. The topological polar surface area (TPSA) is 55.1 Å². The third-order valence-corrected chi connectivity index (χ3v) is 3.23. The first-order valence-electron chi connectivity index (χ1n) is 5.29. The predicted octanol–water partition coefficient (Wildman–Crippen LogP) is 4.48. The largest absolute Gasteiger partial charge is 0.399 e. The van der Waals surface area contributed by atoms with Crippen LogP contribution in [0.15, 0.2) is 36.4 Å². The van der Waals surface area contributed by atoms with Crippen LogP contribution in [-0.2, 0) is 0 Å². The molecular weight excluding hydrogens is 307 g/mol. The Kier molecular flexibility index (Phi) is 4.20. The van der Waals surface area contributed by atoms with Crippen molar-refractivity contribution in [3.05, 3.63) is 57.0 Å². The predicted molar refractivity (Wildman–Crippen MR) is 80.3 cm³/mol. The lowest BCUT2D eigenvalue weighted by atomic mass is 10.2. The molecule has 2 rings (SSSR count). The first-order chi connectivity index (χ1) is 8.97. The maximum atomic E-state index is 12.1. The molecule has 0 unspecified atom stereocenters. The van der Waals surface area contributed by atoms with Gasteiger partial charge in [0.25, 0.3) is 5.91 Å². The zero-order valence-electron chi connectivity index (χ0n) is 9.58. The van der Waals surface area contributed by atoms with Gasteiger partial charge in [-0.15, -0.1) is 0 Å². The molecule has 3 N–H and O–H groups in total. The summed E-state index contributed by atoms with van der Waals surface area (Å²) in [6.45, 7) is 0. The first kappa shape index (κ1) is 14.0. The number of nitrogens with two attached hydrogens (primary N) is 1. The molecule has 0 spiro atoms. The Labute approximate surface area is 125 Å². The monoisotopic (exact) mass is 314 g/mol. The van der Waals surface area contributed by atoms with E-state index in [9.17, 15) is 4.79 Å². The summed E-state index contributed by atoms with van der Waals surface area (Å²) in [5.41, 5.74) is 6.73. The maximum absolute atomic E-state index is 12.1. The van der Waals surface area contributed by atoms with Crippen molar-refractivity contribution in [1.82, 2.24) is 0 Å². The Morgan fingerprint density at radius 3 is 2.26 bits per heavy atom. The van der Waals surface area contributed by atoms with Gasteiger partial charge in [0, 0.05) is 16.3 Å². The summed E-state index contributed by atoms with van der Waals surface area (Å²) in [5.74, 6) is -0.385. The molecule has 0 aromatic heterocycles. The quantitative estimate of drug-likeness (QED) is 0.803. The summed E-state index contributed by atoms with van der Waals surface area (Å²) < 4.78 is 0. The average Bonchev–Trinajstić information content (AvgIpc) is 2.32. The zero-order valence-corrected chi connectivity index (χ0v) is 11.9. The number of carbonyl (C=O) groups excluding carboxylic acids is 1. The highest BCUT2D eigenvalue weighted by Crippen LogP contribution is 2.30. The van der Waals surface area contributed by atoms with E-state index in [2.05, 4.69) is 5.32 Å². The Balaban J connectivity index is 2.31. The van der Waals surface area contributed by atoms with E-state index < -0.39 is 0 Å². The molecule has 2 aromatic carbocycles. The summed E-state index contributed by atoms with van der Waals surface area (Å²) >= 11 is 17.8. The average molecular weight is 316 g/mol. The van der Waals surface area contributed by atoms with Crippen LogP contribution in [0.1, 0.15) is 10.4 Å². The van der Waals surface area contributed by atoms with Gasteiger partial charge in [0.1, 0.15) is 0 Å². The van der Waals surface area contributed by atoms with Crippen LogP contribution in [0.5, 0.6) is 0 Å². The minimum absolute atomic E-state index is 0.334. The fourth-order valence-electron chi connectivity index (χ4n) is 1.55. The van der Waals surface area contributed by atoms with Crippen molar-refractivity contribution in [3.8, 4) is 0 Å². The van der Waals surface area contributed by atoms with E-state index in [0.717, 1.165) is 0 Å². The number of anilines is 2. The number of halogens is 3. The molecule has 3 nitrogen and oxygen atoms in total. The van der Waals surface area contributed by atoms with Crippen molar-refractivity contribution < 1.29 is 4.79 Å². The van der Waals surface area contributed by atoms with Gasteiger partial charge in [-0.25, -0.2) is 0 Å². The van der Waals surface area contributed by atoms with Crippen LogP contribution in [0.2, 0.25) is 15.1 Å². The molecule has 0 aliphatic heterocycles. The zero-order chi connectivity index (χ0) is 14.0. The lowest BCUT2D eigenvalue weighted by Gasteiger charge is -2.09. The number of nitrogens with one attached hydrogen (secondary N) is 1. The molecule has 2 aromatic rings. The molecule has 0 aliphatic rings. The summed E-state index contributed by atoms with van der Waals surface area (Å²) in [4.78, 5) is 12.1. The smallest absolute Gasteiger partial charge is 0.255 e. The normalized spacial score (nSPS) is 10.3. The molecule has 19 heavy (non-hydrogen) atoms. The van der Waals surface area contributed by atoms with E-state index in [-0.39, 0.29) is 5.91 Å². The van der Waals surface area contributed by atoms with Crippen molar-refractivity contribution >= 4 is 52.1 Å². The van der Waals surface area contributed by atoms with Crippen LogP contribution in [0.25, 0.3) is 0 Å². The van der Waals surface area contributed by atoms with Crippen molar-refractivity contribution in [2.24, 2.45) is 0 Å². The molecule has 0 saturated heterocycles. The SMILES string of the molecule is Nc1cc(Cl)cc(C(=O)Nc2c(Cl)cccc2Cl)c1. The van der Waals surface area contributed by atoms with Crippen molar-refractivity contribution in [2.75, 3.05) is 11.1 Å². The van der Waals surface area contributed by atoms with Crippen LogP contribution in [-0.4, -0.2) is 5.91 Å². The molecule has 0 heterocycles. The highest BCUT2D eigenvalue weighted by molar-refractivity contribution is 6.40. The highest BCUT2D eigenvalue weighted by Gasteiger charge is 2.12. The number of hydrogen-bond donors (Lipinski definition) is 2. The minimum atomic E-state index is -0.385. The number of carbonyl (C=O) groups is 1. The number of rotatable bonds is 2. The van der Waals surface area contributed by atoms with Gasteiger partial charge in [-0.05, 0) is 30.3 Å². The summed E-state index contributed by atoms with van der Waals surface area (Å²) in [6.07, 6.45) is 0. The van der Waals surface area contributed by atoms with Gasteiger partial charge in [-0.2, -0.15) is 0 Å². The van der Waals surface area contributed by atoms with E-state index in [4.69, 9.17) is 40.5 Å². The lowest BCUT2D eigenvalue weighted by molar-refractivity contribution is 0.102. The fraction of sp³-hybridized carbons (Fsp3) is 0. The van der Waals surface area contributed by atoms with Gasteiger partial charge in [-0.1, -0.05) is 40.9 Å². The van der Waals surface area contributed by atoms with Gasteiger partial charge in [0.2, 0.25) is 0 Å². The van der Waals surface area contributed by atoms with Crippen LogP contribution < -0.4 is 11.1 Å². The number of hydrogen-bond acceptors (Lipinski definition) is 2. The maximum Gasteiger partial charge on any atom is 0.255 e. The van der Waals surface area contributed by atoms with E-state index in [1.807, 2.05) is 0 Å². The third kappa shape index (κ3) is 3.32. The molecule has 0 radical (unpaired) electrons. The van der Waals surface area contributed by atoms with E-state index >= 15 is 0 Å². The molecule has 6 heteroatoms. The van der Waals surface area contributed by atoms with Crippen molar-refractivity contribution in [3.63, 3.8) is 0 Å². The minimum Gasteiger partial charge on any atom is -0.399 e. The van der Waals surface area contributed by atoms with Crippen molar-refractivity contribution in [1.29, 1.82) is 0 Å². The van der Waals surface area contributed by atoms with Crippen LogP contribution in [0.3, 0.4) is 0 Å². The summed E-state index contributed by atoms with van der Waals surface area (Å²) in [6, 6.07) is 9.55. The van der Waals surface area contributed by atoms with Crippen LogP contribution in [0.4, 0.5) is 11.4 Å². The van der Waals surface area contributed by atoms with Gasteiger partial charge >= 0.3 is 0 Å². The lowest BCUT2D eigenvalue weighted by Crippen LogP contribution is -2.13. The second-order valence-electron chi connectivity index (χ2n) is 3.82. The molecule has 0 atom stereocenters. The van der Waals surface area contributed by atoms with E-state index in [1.165, 1.54) is 12.1 Å². The second-order valence-corrected chi connectivity index (χ2v) is 5.07. The number of amides is 1. The summed E-state index contributed by atoms with van der Waals surface area (Å²) in [7, 11) is 0. The van der Waals surface area contributed by atoms with E-state index in [1.54, 1.807) is 24.3 Å². The van der Waals surface area contributed by atoms with Gasteiger partial charge in [0.15, 0.2) is 0 Å². The van der Waals surface area contributed by atoms with Crippen LogP contribution in [0, 0.1) is 0 Å². The molecule has 98 valence electrons. The Morgan fingerprint density at radius 1 is 1.05 bits per heavy atom. The number of benzene rings is 2. The Hall–Kier alpha value is -1.42. The van der Waals surface area contributed by atoms with E-state index in [0.29, 0.717) is 32.0 Å². The number of nitrogen functional groups attached to an aromatic ring is 1. The first-order valence-corrected chi connectivity index (χ1v) is 6.42. The van der Waals surface area contributed by atoms with Gasteiger partial charge < -0.3 is 11.1 Å². The number of para-hydroxylation sites is 1. The third-order valence-electron chi connectivity index (χ3n) is 2.38. The molecule has 0 saturated carbocycles. The molecule has 0 fully saturated rings. The van der Waals surface area contributed by atoms with Crippen LogP contribution >= 0.6 is 34.8 Å². The standard InChI is InChI=1S/C13H9Cl3N2O/c14-8-4-7(5-9(17)6-8)13(19)18-12-10(15)2-1-3-11(12)16/h1-6H,17H2,(H,18,19).